The van der Waals surface area contributed by atoms with Crippen molar-refractivity contribution in [2.24, 2.45) is 0 Å². The first kappa shape index (κ1) is 14.6. The maximum Gasteiger partial charge on any atom is 0.318 e. The van der Waals surface area contributed by atoms with Crippen LogP contribution < -0.4 is 10.6 Å². The number of carbonyl (C=O) groups excluding carboxylic acids is 1. The summed E-state index contributed by atoms with van der Waals surface area (Å²) >= 11 is 4.98. The maximum absolute atomic E-state index is 11.2. The largest absolute Gasteiger partial charge is 0.341 e. The molecule has 0 aliphatic heterocycles. The van der Waals surface area contributed by atoms with Gasteiger partial charge in [-0.2, -0.15) is 5.21 Å². The molecule has 0 fully saturated rings. The molecule has 1 heterocycles. The molecular weight excluding hydrogens is 348 g/mol. The number of urea groups is 1. The molecule has 0 atom stereocenters. The van der Waals surface area contributed by atoms with Crippen LogP contribution in [0.5, 0.6) is 0 Å². The summed E-state index contributed by atoms with van der Waals surface area (Å²) in [6.45, 7) is 0. The smallest absolute Gasteiger partial charge is 0.318 e. The van der Waals surface area contributed by atoms with E-state index in [2.05, 4.69) is 26.2 Å². The molecule has 99 valence electrons. The number of nitrogens with zero attached hydrogens (tertiary/aromatic N) is 3. The monoisotopic (exact) mass is 357 g/mol. The zero-order valence-electron chi connectivity index (χ0n) is 9.27. The van der Waals surface area contributed by atoms with E-state index in [0.29, 0.717) is 10.5 Å². The van der Waals surface area contributed by atoms with Crippen LogP contribution in [0.2, 0.25) is 0 Å². The van der Waals surface area contributed by atoms with Crippen LogP contribution in [0.1, 0.15) is 0 Å². The van der Waals surface area contributed by atoms with Gasteiger partial charge in [-0.05, 0) is 30.4 Å². The molecule has 7 nitrogen and oxygen atoms in total. The maximum atomic E-state index is 11.2. The average molecular weight is 358 g/mol. The van der Waals surface area contributed by atoms with E-state index >= 15 is 0 Å². The first-order chi connectivity index (χ1) is 8.20. The summed E-state index contributed by atoms with van der Waals surface area (Å²) in [6.07, 6.45) is 0. The van der Waals surface area contributed by atoms with Gasteiger partial charge in [-0.1, -0.05) is 16.4 Å². The standard InChI is InChI=1S/C9H10N6OS.Ag/c1-10-8(16)11-6-3-2-4-7(5-6)15-9(17)12-13-14-15;/h2-5H,1H3,(H2,10,11,16)(H,12,14,17);. The van der Waals surface area contributed by atoms with Crippen LogP contribution >= 0.6 is 12.2 Å². The van der Waals surface area contributed by atoms with E-state index in [4.69, 9.17) is 12.2 Å². The van der Waals surface area contributed by atoms with Gasteiger partial charge in [-0.15, -0.1) is 0 Å². The van der Waals surface area contributed by atoms with Crippen molar-refractivity contribution in [3.8, 4) is 5.69 Å². The van der Waals surface area contributed by atoms with Gasteiger partial charge in [0, 0.05) is 35.1 Å². The number of hydrogen-bond donors (Lipinski definition) is 3. The molecule has 0 saturated carbocycles. The molecule has 0 aliphatic carbocycles. The Morgan fingerprint density at radius 1 is 1.50 bits per heavy atom. The first-order valence-corrected chi connectivity index (χ1v) is 5.21. The number of amides is 2. The topological polar surface area (TPSA) is 87.6 Å². The third-order valence-corrected chi connectivity index (χ3v) is 2.33. The van der Waals surface area contributed by atoms with Gasteiger partial charge >= 0.3 is 6.03 Å². The summed E-state index contributed by atoms with van der Waals surface area (Å²) in [5.74, 6) is 0. The van der Waals surface area contributed by atoms with Crippen molar-refractivity contribution >= 4 is 23.9 Å². The number of anilines is 1. The van der Waals surface area contributed by atoms with Crippen LogP contribution in [0.4, 0.5) is 10.5 Å². The van der Waals surface area contributed by atoms with Crippen LogP contribution in [-0.2, 0) is 22.4 Å². The zero-order chi connectivity index (χ0) is 12.3. The van der Waals surface area contributed by atoms with E-state index in [-0.39, 0.29) is 28.4 Å². The third kappa shape index (κ3) is 3.26. The van der Waals surface area contributed by atoms with Gasteiger partial charge in [-0.3, -0.25) is 0 Å². The Hall–Kier alpha value is -1.48. The molecule has 0 saturated heterocycles. The molecule has 1 aromatic heterocycles. The van der Waals surface area contributed by atoms with Crippen molar-refractivity contribution in [2.75, 3.05) is 12.4 Å². The van der Waals surface area contributed by atoms with Gasteiger partial charge in [0.25, 0.3) is 0 Å². The Morgan fingerprint density at radius 2 is 2.28 bits per heavy atom. The molecule has 2 aromatic rings. The second-order valence-corrected chi connectivity index (χ2v) is 3.54. The number of benzene rings is 1. The molecular formula is C9H10AgN6OS. The number of nitrogens with one attached hydrogen (secondary N) is 3. The Bertz CT molecular complexity index is 594. The molecule has 1 aromatic carbocycles. The van der Waals surface area contributed by atoms with E-state index in [1.807, 2.05) is 6.07 Å². The number of carbonyl (C=O) groups is 1. The minimum absolute atomic E-state index is 0. The van der Waals surface area contributed by atoms with Gasteiger partial charge < -0.3 is 10.6 Å². The number of aromatic nitrogens is 4. The summed E-state index contributed by atoms with van der Waals surface area (Å²) in [7, 11) is 1.55. The predicted molar refractivity (Wildman–Crippen MR) is 64.6 cm³/mol. The van der Waals surface area contributed by atoms with Crippen LogP contribution in [0.3, 0.4) is 0 Å². The first-order valence-electron chi connectivity index (χ1n) is 4.80. The summed E-state index contributed by atoms with van der Waals surface area (Å²) in [4.78, 5) is 11.2. The van der Waals surface area contributed by atoms with Gasteiger partial charge in [0.15, 0.2) is 0 Å². The second kappa shape index (κ2) is 6.45. The van der Waals surface area contributed by atoms with E-state index in [0.717, 1.165) is 5.69 Å². The Morgan fingerprint density at radius 3 is 2.89 bits per heavy atom. The summed E-state index contributed by atoms with van der Waals surface area (Å²) in [6, 6.07) is 6.86. The average Bonchev–Trinajstić information content (AvgIpc) is 2.75. The van der Waals surface area contributed by atoms with Crippen molar-refractivity contribution in [3.63, 3.8) is 0 Å². The summed E-state index contributed by atoms with van der Waals surface area (Å²) in [5, 5.41) is 15.0. The van der Waals surface area contributed by atoms with E-state index in [9.17, 15) is 4.79 Å². The van der Waals surface area contributed by atoms with Crippen LogP contribution in [0.25, 0.3) is 5.69 Å². The van der Waals surface area contributed by atoms with E-state index in [1.165, 1.54) is 4.68 Å². The van der Waals surface area contributed by atoms with Gasteiger partial charge in [0.05, 0.1) is 5.69 Å². The van der Waals surface area contributed by atoms with Crippen LogP contribution in [-0.4, -0.2) is 33.3 Å². The van der Waals surface area contributed by atoms with Crippen molar-refractivity contribution in [1.82, 2.24) is 25.5 Å². The fraction of sp³-hybridized carbons (Fsp3) is 0.111. The molecule has 3 N–H and O–H groups in total. The Kier molecular flexibility index (Phi) is 5.23. The molecule has 2 amide bonds. The van der Waals surface area contributed by atoms with Gasteiger partial charge in [-0.25, -0.2) is 9.48 Å². The summed E-state index contributed by atoms with van der Waals surface area (Å²) < 4.78 is 1.85. The molecule has 0 unspecified atom stereocenters. The molecule has 0 bridgehead atoms. The van der Waals surface area contributed by atoms with E-state index in [1.54, 1.807) is 25.2 Å². The molecule has 18 heavy (non-hydrogen) atoms. The van der Waals surface area contributed by atoms with Crippen molar-refractivity contribution in [2.45, 2.75) is 0 Å². The van der Waals surface area contributed by atoms with Crippen molar-refractivity contribution in [3.05, 3.63) is 29.0 Å². The number of aromatic amines is 1. The molecule has 0 spiro atoms. The molecule has 9 heteroatoms. The number of H-pyrrole nitrogens is 1. The van der Waals surface area contributed by atoms with Gasteiger partial charge in [0.2, 0.25) is 4.77 Å². The van der Waals surface area contributed by atoms with Crippen LogP contribution in [0.15, 0.2) is 24.3 Å². The number of hydrogen-bond acceptors (Lipinski definition) is 4. The van der Waals surface area contributed by atoms with Gasteiger partial charge in [0.1, 0.15) is 0 Å². The normalized spacial score (nSPS) is 9.39. The Labute approximate surface area is 123 Å². The quantitative estimate of drug-likeness (QED) is 0.554. The second-order valence-electron chi connectivity index (χ2n) is 3.17. The van der Waals surface area contributed by atoms with Crippen LogP contribution in [0, 0.1) is 4.77 Å². The molecule has 2 rings (SSSR count). The Balaban J connectivity index is 0.00000162. The minimum Gasteiger partial charge on any atom is -0.341 e. The fourth-order valence-electron chi connectivity index (χ4n) is 1.28. The van der Waals surface area contributed by atoms with Crippen molar-refractivity contribution in [1.29, 1.82) is 0 Å². The third-order valence-electron chi connectivity index (χ3n) is 2.06. The molecule has 1 radical (unpaired) electrons. The van der Waals surface area contributed by atoms with E-state index < -0.39 is 0 Å². The SMILES string of the molecule is CNC(=O)Nc1cccc(-n2[nH]nnc2=S)c1.[Ag]. The number of tetrazole rings is 1. The molecule has 0 aliphatic rings. The predicted octanol–water partition coefficient (Wildman–Crippen LogP) is 1.07. The fourth-order valence-corrected chi connectivity index (χ4v) is 1.47. The minimum atomic E-state index is -0.284. The van der Waals surface area contributed by atoms with Crippen molar-refractivity contribution < 1.29 is 27.2 Å². The zero-order valence-corrected chi connectivity index (χ0v) is 11.6. The summed E-state index contributed by atoms with van der Waals surface area (Å²) in [5.41, 5.74) is 1.40. The number of rotatable bonds is 2.